The zero-order valence-corrected chi connectivity index (χ0v) is 17.5. The van der Waals surface area contributed by atoms with Crippen LogP contribution in [0.5, 0.6) is 0 Å². The SMILES string of the molecule is Cn1nnc2c(C(N)=O)ncn2c1=O.O=P1(N(CCCl)CCCl)NCCCO1. The summed E-state index contributed by atoms with van der Waals surface area (Å²) in [6.45, 7) is 2.31. The van der Waals surface area contributed by atoms with E-state index in [0.29, 0.717) is 31.5 Å². The van der Waals surface area contributed by atoms with Crippen LogP contribution in [-0.4, -0.2) is 73.0 Å². The van der Waals surface area contributed by atoms with Gasteiger partial charge in [0, 0.05) is 38.4 Å². The highest BCUT2D eigenvalue weighted by Crippen LogP contribution is 2.48. The number of fused-ring (bicyclic) bond motifs is 1. The Balaban J connectivity index is 0.000000200. The number of halogens is 2. The third-order valence-electron chi connectivity index (χ3n) is 3.69. The van der Waals surface area contributed by atoms with Crippen LogP contribution < -0.4 is 16.5 Å². The molecule has 2 aromatic rings. The largest absolute Gasteiger partial charge is 0.364 e. The number of amides is 1. The summed E-state index contributed by atoms with van der Waals surface area (Å²) in [5, 5.41) is 10.1. The molecule has 0 aromatic carbocycles. The average Bonchev–Trinajstić information content (AvgIpc) is 3.11. The number of aromatic nitrogens is 5. The van der Waals surface area contributed by atoms with E-state index in [1.54, 1.807) is 4.67 Å². The molecule has 156 valence electrons. The molecule has 2 aromatic heterocycles. The number of nitrogens with two attached hydrogens (primary N) is 1. The predicted octanol–water partition coefficient (Wildman–Crippen LogP) is -0.194. The normalized spacial score (nSPS) is 19.4. The Morgan fingerprint density at radius 3 is 2.64 bits per heavy atom. The number of imidazole rings is 1. The minimum Gasteiger partial charge on any atom is -0.364 e. The molecule has 12 nitrogen and oxygen atoms in total. The van der Waals surface area contributed by atoms with Crippen molar-refractivity contribution < 1.29 is 13.9 Å². The summed E-state index contributed by atoms with van der Waals surface area (Å²) in [6.07, 6.45) is 2.08. The van der Waals surface area contributed by atoms with E-state index in [9.17, 15) is 14.2 Å². The molecule has 1 atom stereocenters. The molecule has 3 N–H and O–H groups in total. The quantitative estimate of drug-likeness (QED) is 0.446. The fraction of sp³-hybridized carbons (Fsp3) is 0.615. The lowest BCUT2D eigenvalue weighted by Gasteiger charge is -2.33. The summed E-state index contributed by atoms with van der Waals surface area (Å²) >= 11 is 11.2. The van der Waals surface area contributed by atoms with Crippen LogP contribution in [0.25, 0.3) is 5.65 Å². The number of carbonyl (C=O) groups is 1. The van der Waals surface area contributed by atoms with Gasteiger partial charge in [-0.15, -0.1) is 28.3 Å². The van der Waals surface area contributed by atoms with Crippen LogP contribution >= 0.6 is 30.9 Å². The highest BCUT2D eigenvalue weighted by atomic mass is 35.5. The number of hydrogen-bond acceptors (Lipinski definition) is 7. The molecule has 1 aliphatic heterocycles. The van der Waals surface area contributed by atoms with Crippen molar-refractivity contribution in [1.82, 2.24) is 34.1 Å². The van der Waals surface area contributed by atoms with Crippen LogP contribution in [0, 0.1) is 0 Å². The smallest absolute Gasteiger partial charge is 0.352 e. The van der Waals surface area contributed by atoms with Crippen molar-refractivity contribution in [3.05, 3.63) is 22.5 Å². The molecule has 3 rings (SSSR count). The van der Waals surface area contributed by atoms with E-state index in [4.69, 9.17) is 33.5 Å². The number of nitrogens with one attached hydrogen (secondary N) is 1. The maximum atomic E-state index is 12.2. The fourth-order valence-electron chi connectivity index (χ4n) is 2.33. The highest BCUT2D eigenvalue weighted by molar-refractivity contribution is 7.54. The van der Waals surface area contributed by atoms with Gasteiger partial charge in [0.05, 0.1) is 6.61 Å². The maximum absolute atomic E-state index is 12.2. The number of nitrogens with zero attached hydrogens (tertiary/aromatic N) is 6. The van der Waals surface area contributed by atoms with Crippen LogP contribution in [0.4, 0.5) is 0 Å². The lowest BCUT2D eigenvalue weighted by molar-refractivity contribution is 0.0997. The molecule has 3 heterocycles. The van der Waals surface area contributed by atoms with E-state index in [1.165, 1.54) is 13.4 Å². The number of aryl methyl sites for hydroxylation is 1. The van der Waals surface area contributed by atoms with Crippen LogP contribution in [0.15, 0.2) is 11.1 Å². The second-order valence-corrected chi connectivity index (χ2v) is 8.53. The standard InChI is InChI=1S/C7H15Cl2N2O2P.C6H6N6O2/c8-2-5-11(6-3-9)14(12)10-4-1-7-13-14;1-11-6(14)12-2-8-3(4(7)13)5(12)9-10-11/h1-7H2,(H,10,12);2H,1H3,(H2,7,13). The summed E-state index contributed by atoms with van der Waals surface area (Å²) < 4.78 is 21.3. The third-order valence-corrected chi connectivity index (χ3v) is 6.33. The minimum atomic E-state index is -2.84. The molecule has 0 aliphatic carbocycles. The zero-order valence-electron chi connectivity index (χ0n) is 15.1. The van der Waals surface area contributed by atoms with Crippen LogP contribution in [0.1, 0.15) is 16.9 Å². The van der Waals surface area contributed by atoms with E-state index in [-0.39, 0.29) is 11.3 Å². The molecular weight excluding hydrogens is 434 g/mol. The third kappa shape index (κ3) is 5.28. The van der Waals surface area contributed by atoms with Crippen molar-refractivity contribution in [3.63, 3.8) is 0 Å². The van der Waals surface area contributed by atoms with Gasteiger partial charge in [0.2, 0.25) is 0 Å². The Kier molecular flexibility index (Phi) is 8.35. The molecule has 1 aliphatic rings. The van der Waals surface area contributed by atoms with Crippen LogP contribution in [0.2, 0.25) is 0 Å². The van der Waals surface area contributed by atoms with Crippen molar-refractivity contribution in [2.24, 2.45) is 12.8 Å². The number of alkyl halides is 2. The van der Waals surface area contributed by atoms with Crippen LogP contribution in [0.3, 0.4) is 0 Å². The van der Waals surface area contributed by atoms with Crippen LogP contribution in [-0.2, 0) is 16.1 Å². The van der Waals surface area contributed by atoms with E-state index in [0.717, 1.165) is 22.0 Å². The molecular formula is C13H21Cl2N8O4P. The second-order valence-electron chi connectivity index (χ2n) is 5.59. The van der Waals surface area contributed by atoms with Gasteiger partial charge in [0.15, 0.2) is 11.3 Å². The Bertz CT molecular complexity index is 904. The number of rotatable bonds is 6. The van der Waals surface area contributed by atoms with Gasteiger partial charge >= 0.3 is 13.4 Å². The minimum absolute atomic E-state index is 0.0600. The maximum Gasteiger partial charge on any atom is 0.352 e. The van der Waals surface area contributed by atoms with Gasteiger partial charge in [-0.3, -0.25) is 9.36 Å². The van der Waals surface area contributed by atoms with Gasteiger partial charge in [-0.2, -0.15) is 4.68 Å². The Morgan fingerprint density at radius 2 is 2.11 bits per heavy atom. The van der Waals surface area contributed by atoms with Gasteiger partial charge in [0.1, 0.15) is 6.33 Å². The average molecular weight is 455 g/mol. The summed E-state index contributed by atoms with van der Waals surface area (Å²) in [7, 11) is -1.40. The first-order valence-electron chi connectivity index (χ1n) is 8.28. The summed E-state index contributed by atoms with van der Waals surface area (Å²) in [5.74, 6) is 0.104. The summed E-state index contributed by atoms with van der Waals surface area (Å²) in [4.78, 5) is 25.9. The molecule has 1 fully saturated rings. The van der Waals surface area contributed by atoms with E-state index in [1.807, 2.05) is 0 Å². The summed E-state index contributed by atoms with van der Waals surface area (Å²) in [5.41, 5.74) is 4.60. The number of primary amides is 1. The van der Waals surface area contributed by atoms with Crippen molar-refractivity contribution in [2.75, 3.05) is 38.0 Å². The molecule has 0 saturated carbocycles. The first kappa shape index (κ1) is 22.7. The topological polar surface area (TPSA) is 150 Å². The molecule has 0 bridgehead atoms. The fourth-order valence-corrected chi connectivity index (χ4v) is 4.98. The molecule has 28 heavy (non-hydrogen) atoms. The molecule has 15 heteroatoms. The van der Waals surface area contributed by atoms with E-state index < -0.39 is 19.3 Å². The van der Waals surface area contributed by atoms with Gasteiger partial charge < -0.3 is 10.3 Å². The highest BCUT2D eigenvalue weighted by Gasteiger charge is 2.32. The molecule has 1 amide bonds. The molecule has 0 radical (unpaired) electrons. The first-order valence-corrected chi connectivity index (χ1v) is 10.9. The molecule has 1 saturated heterocycles. The second kappa shape index (κ2) is 10.3. The monoisotopic (exact) mass is 454 g/mol. The van der Waals surface area contributed by atoms with E-state index >= 15 is 0 Å². The van der Waals surface area contributed by atoms with E-state index in [2.05, 4.69) is 20.4 Å². The number of carbonyl (C=O) groups excluding carboxylic acids is 1. The summed E-state index contributed by atoms with van der Waals surface area (Å²) in [6, 6.07) is 0. The zero-order chi connectivity index (χ0) is 20.7. The van der Waals surface area contributed by atoms with Gasteiger partial charge in [-0.1, -0.05) is 5.21 Å². The number of hydrogen-bond donors (Lipinski definition) is 2. The first-order chi connectivity index (χ1) is 13.3. The van der Waals surface area contributed by atoms with Crippen molar-refractivity contribution >= 4 is 42.4 Å². The lowest BCUT2D eigenvalue weighted by Crippen LogP contribution is -2.35. The Morgan fingerprint density at radius 1 is 1.43 bits per heavy atom. The Labute approximate surface area is 170 Å². The Hall–Kier alpha value is -1.56. The van der Waals surface area contributed by atoms with Gasteiger partial charge in [-0.25, -0.2) is 23.9 Å². The van der Waals surface area contributed by atoms with Gasteiger partial charge in [0.25, 0.3) is 5.91 Å². The predicted molar refractivity (Wildman–Crippen MR) is 104 cm³/mol. The lowest BCUT2D eigenvalue weighted by atomic mass is 10.4. The van der Waals surface area contributed by atoms with Crippen molar-refractivity contribution in [3.8, 4) is 0 Å². The van der Waals surface area contributed by atoms with Crippen molar-refractivity contribution in [2.45, 2.75) is 6.42 Å². The molecule has 1 unspecified atom stereocenters. The molecule has 0 spiro atoms. The van der Waals surface area contributed by atoms with Crippen molar-refractivity contribution in [1.29, 1.82) is 0 Å². The van der Waals surface area contributed by atoms with Gasteiger partial charge in [-0.05, 0) is 6.42 Å².